The van der Waals surface area contributed by atoms with Gasteiger partial charge in [-0.25, -0.2) is 0 Å². The summed E-state index contributed by atoms with van der Waals surface area (Å²) in [6, 6.07) is 30.6. The molecule has 0 spiro atoms. The second-order valence-corrected chi connectivity index (χ2v) is 20.2. The molecule has 9 heteroatoms. The molecule has 0 aliphatic carbocycles. The molecule has 0 saturated heterocycles. The van der Waals surface area contributed by atoms with Gasteiger partial charge < -0.3 is 0 Å². The van der Waals surface area contributed by atoms with E-state index in [1.54, 1.807) is 23.3 Å². The summed E-state index contributed by atoms with van der Waals surface area (Å²) in [6.45, 7) is 8.64. The molecule has 238 valence electrons. The molecule has 0 unspecified atom stereocenters. The average Bonchev–Trinajstić information content (AvgIpc) is 3.58. The minimum absolute atomic E-state index is 0.210. The Kier molecular flexibility index (Phi) is 13.3. The van der Waals surface area contributed by atoms with Crippen LogP contribution in [0.3, 0.4) is 0 Å². The van der Waals surface area contributed by atoms with Gasteiger partial charge in [0.05, 0.1) is 11.1 Å². The molecule has 0 aliphatic heterocycles. The van der Waals surface area contributed by atoms with Crippen LogP contribution in [0, 0.1) is 13.8 Å². The van der Waals surface area contributed by atoms with Crippen molar-refractivity contribution in [1.29, 1.82) is 0 Å². The fraction of sp³-hybridized carbons (Fsp3) is 0.189. The molecule has 0 radical (unpaired) electrons. The number of hydrogen-bond donors (Lipinski definition) is 0. The van der Waals surface area contributed by atoms with Gasteiger partial charge in [0.1, 0.15) is 0 Å². The van der Waals surface area contributed by atoms with Gasteiger partial charge in [0.2, 0.25) is 0 Å². The zero-order valence-electron chi connectivity index (χ0n) is 26.0. The molecular weight excluding hydrogens is 713 g/mol. The van der Waals surface area contributed by atoms with Crippen molar-refractivity contribution in [2.24, 2.45) is 0 Å². The zero-order valence-corrected chi connectivity index (χ0v) is 30.3. The Morgan fingerprint density at radius 2 is 0.870 bits per heavy atom. The van der Waals surface area contributed by atoms with Crippen molar-refractivity contribution >= 4 is 38.6 Å². The SMILES string of the molecule is CCl.C[Si](C)=[Zr+2].Cc1cc2c(-c3ccc(C(F)(F)F)cc3)cccc2[cH-]1.Cc1cc2c(-c3ccc(C(F)(F)F)cc3)cccc2[cH-]1. The number of alkyl halides is 7. The average molecular weight is 746 g/mol. The summed E-state index contributed by atoms with van der Waals surface area (Å²) in [7, 11) is 0. The first-order valence-corrected chi connectivity index (χ1v) is 21.1. The van der Waals surface area contributed by atoms with Crippen molar-refractivity contribution in [3.63, 3.8) is 0 Å². The molecule has 0 N–H and O–H groups in total. The summed E-state index contributed by atoms with van der Waals surface area (Å²) in [5.74, 6) is 0. The van der Waals surface area contributed by atoms with E-state index in [-0.39, 0.29) is 5.43 Å². The molecule has 46 heavy (non-hydrogen) atoms. The molecule has 0 fully saturated rings. The molecule has 6 aromatic rings. The molecule has 0 bridgehead atoms. The topological polar surface area (TPSA) is 0 Å². The summed E-state index contributed by atoms with van der Waals surface area (Å²) in [6.07, 6.45) is -7.11. The Morgan fingerprint density at radius 1 is 0.565 bits per heavy atom. The summed E-state index contributed by atoms with van der Waals surface area (Å²) in [5, 5.41) is 4.37. The van der Waals surface area contributed by atoms with Crippen LogP contribution in [0.5, 0.6) is 0 Å². The van der Waals surface area contributed by atoms with Gasteiger partial charge in [-0.2, -0.15) is 38.5 Å². The molecule has 0 aromatic heterocycles. The first-order chi connectivity index (χ1) is 21.6. The Labute approximate surface area is 286 Å². The predicted molar refractivity (Wildman–Crippen MR) is 179 cm³/mol. The second kappa shape index (κ2) is 16.3. The molecule has 6 rings (SSSR count). The first-order valence-electron chi connectivity index (χ1n) is 14.2. The summed E-state index contributed by atoms with van der Waals surface area (Å²) in [4.78, 5) is 0. The van der Waals surface area contributed by atoms with E-state index in [1.165, 1.54) is 30.6 Å². The van der Waals surface area contributed by atoms with Crippen molar-refractivity contribution < 1.29 is 49.7 Å². The maximum Gasteiger partial charge on any atom is 0.416 e. The van der Waals surface area contributed by atoms with E-state index in [1.807, 2.05) is 50.2 Å². The van der Waals surface area contributed by atoms with Gasteiger partial charge in [-0.15, -0.1) is 80.7 Å². The van der Waals surface area contributed by atoms with Gasteiger partial charge >= 0.3 is 54.2 Å². The molecule has 0 amide bonds. The van der Waals surface area contributed by atoms with Crippen molar-refractivity contribution in [2.45, 2.75) is 39.3 Å². The van der Waals surface area contributed by atoms with Crippen molar-refractivity contribution in [2.75, 3.05) is 6.38 Å². The van der Waals surface area contributed by atoms with Crippen molar-refractivity contribution in [3.8, 4) is 22.3 Å². The van der Waals surface area contributed by atoms with Gasteiger partial charge in [-0.3, -0.25) is 0 Å². The van der Waals surface area contributed by atoms with E-state index >= 15 is 0 Å². The molecule has 0 saturated carbocycles. The normalized spacial score (nSPS) is 11.2. The molecule has 0 atom stereocenters. The van der Waals surface area contributed by atoms with Gasteiger partial charge in [0.15, 0.2) is 0 Å². The zero-order chi connectivity index (χ0) is 34.2. The number of halogens is 7. The number of fused-ring (bicyclic) bond motifs is 2. The number of rotatable bonds is 2. The van der Waals surface area contributed by atoms with Crippen LogP contribution < -0.4 is 0 Å². The third kappa shape index (κ3) is 10.0. The Morgan fingerprint density at radius 3 is 1.15 bits per heavy atom. The maximum atomic E-state index is 12.6. The summed E-state index contributed by atoms with van der Waals surface area (Å²) >= 11 is 6.38. The van der Waals surface area contributed by atoms with E-state index in [0.717, 1.165) is 79.2 Å². The molecule has 0 nitrogen and oxygen atoms in total. The van der Waals surface area contributed by atoms with E-state index in [4.69, 9.17) is 0 Å². The fourth-order valence-electron chi connectivity index (χ4n) is 4.95. The Bertz CT molecular complexity index is 1740. The monoisotopic (exact) mass is 744 g/mol. The van der Waals surface area contributed by atoms with E-state index in [9.17, 15) is 26.3 Å². The van der Waals surface area contributed by atoms with Crippen molar-refractivity contribution in [3.05, 3.63) is 131 Å². The minimum Gasteiger partial charge on any atom is -0.166 e. The van der Waals surface area contributed by atoms with E-state index < -0.39 is 23.5 Å². The van der Waals surface area contributed by atoms with E-state index in [2.05, 4.69) is 49.0 Å². The van der Waals surface area contributed by atoms with Crippen LogP contribution >= 0.6 is 11.6 Å². The minimum atomic E-state index is -4.29. The summed E-state index contributed by atoms with van der Waals surface area (Å²) in [5.41, 5.74) is 4.80. The van der Waals surface area contributed by atoms with Crippen LogP contribution in [-0.2, 0) is 35.7 Å². The van der Waals surface area contributed by atoms with Crippen molar-refractivity contribution in [1.82, 2.24) is 0 Å². The van der Waals surface area contributed by atoms with Crippen LogP contribution in [-0.4, -0.2) is 11.8 Å². The second-order valence-electron chi connectivity index (χ2n) is 10.8. The van der Waals surface area contributed by atoms with Crippen LogP contribution in [0.15, 0.2) is 109 Å². The molecule has 0 heterocycles. The van der Waals surface area contributed by atoms with Crippen LogP contribution in [0.25, 0.3) is 43.8 Å². The van der Waals surface area contributed by atoms with Gasteiger partial charge in [0, 0.05) is 6.38 Å². The van der Waals surface area contributed by atoms with Crippen LogP contribution in [0.1, 0.15) is 22.3 Å². The molecular formula is C37H33ClF6SiZr. The summed E-state index contributed by atoms with van der Waals surface area (Å²) < 4.78 is 75.5. The fourth-order valence-corrected chi connectivity index (χ4v) is 4.95. The quantitative estimate of drug-likeness (QED) is 0.0716. The molecule has 0 aliphatic rings. The van der Waals surface area contributed by atoms with Crippen LogP contribution in [0.4, 0.5) is 26.3 Å². The number of hydrogen-bond acceptors (Lipinski definition) is 0. The van der Waals surface area contributed by atoms with E-state index in [0.29, 0.717) is 0 Å². The third-order valence-corrected chi connectivity index (χ3v) is 6.84. The number of benzene rings is 4. The predicted octanol–water partition coefficient (Wildman–Crippen LogP) is 12.7. The standard InChI is InChI=1S/2C17H12F3.C2H6Si.CH3Cl.Zr/c2*1-11-9-13-3-2-4-15(16(13)10-11)12-5-7-14(8-6-12)17(18,19)20;1-3-2;1-2;/h2*2-10H,1H3;1-2H3;1H3;/q2*-1;;;+2. The number of aryl methyl sites for hydroxylation is 2. The van der Waals surface area contributed by atoms with Crippen LogP contribution in [0.2, 0.25) is 13.1 Å². The largest absolute Gasteiger partial charge is 0.416 e. The third-order valence-electron chi connectivity index (χ3n) is 6.84. The molecule has 6 aromatic carbocycles. The Balaban J connectivity index is 0.000000214. The smallest absolute Gasteiger partial charge is 0.166 e. The van der Waals surface area contributed by atoms with Gasteiger partial charge in [0.25, 0.3) is 0 Å². The first kappa shape index (κ1) is 37.5. The van der Waals surface area contributed by atoms with Gasteiger partial charge in [-0.1, -0.05) is 61.4 Å². The maximum absolute atomic E-state index is 12.6. The Hall–Kier alpha value is -2.93. The van der Waals surface area contributed by atoms with Gasteiger partial charge in [-0.05, 0) is 35.4 Å².